The molecule has 1 N–H and O–H groups in total. The molecule has 5 heteroatoms. The van der Waals surface area contributed by atoms with Crippen molar-refractivity contribution in [2.24, 2.45) is 0 Å². The number of hydrogen-bond donors (Lipinski definition) is 1. The van der Waals surface area contributed by atoms with Crippen molar-refractivity contribution in [3.05, 3.63) is 52.5 Å². The second kappa shape index (κ2) is 7.18. The first-order valence-electron chi connectivity index (χ1n) is 6.83. The van der Waals surface area contributed by atoms with E-state index in [4.69, 9.17) is 21.1 Å². The van der Waals surface area contributed by atoms with Crippen LogP contribution in [-0.4, -0.2) is 19.6 Å². The summed E-state index contributed by atoms with van der Waals surface area (Å²) >= 11 is 6.14. The molecular formula is C17H18ClNO3. The van der Waals surface area contributed by atoms with Crippen molar-refractivity contribution >= 4 is 23.2 Å². The molecule has 1 amide bonds. The Kier molecular flexibility index (Phi) is 5.28. The third kappa shape index (κ3) is 4.15. The summed E-state index contributed by atoms with van der Waals surface area (Å²) in [5, 5.41) is 3.26. The molecule has 0 atom stereocenters. The Morgan fingerprint density at radius 3 is 2.68 bits per heavy atom. The highest BCUT2D eigenvalue weighted by Gasteiger charge is 2.10. The van der Waals surface area contributed by atoms with Gasteiger partial charge in [-0.15, -0.1) is 0 Å². The number of rotatable bonds is 5. The van der Waals surface area contributed by atoms with Gasteiger partial charge in [-0.3, -0.25) is 4.79 Å². The minimum Gasteiger partial charge on any atom is -0.497 e. The Morgan fingerprint density at radius 2 is 2.00 bits per heavy atom. The van der Waals surface area contributed by atoms with E-state index in [1.807, 2.05) is 32.0 Å². The highest BCUT2D eigenvalue weighted by atomic mass is 35.5. The number of benzene rings is 2. The quantitative estimate of drug-likeness (QED) is 0.906. The first kappa shape index (κ1) is 16.2. The van der Waals surface area contributed by atoms with E-state index < -0.39 is 0 Å². The number of amides is 1. The summed E-state index contributed by atoms with van der Waals surface area (Å²) in [5.74, 6) is 0.952. The molecule has 0 aromatic heterocycles. The smallest absolute Gasteiger partial charge is 0.262 e. The summed E-state index contributed by atoms with van der Waals surface area (Å²) in [6.07, 6.45) is 0. The second-order valence-corrected chi connectivity index (χ2v) is 5.37. The Labute approximate surface area is 135 Å². The monoisotopic (exact) mass is 319 g/mol. The van der Waals surface area contributed by atoms with E-state index in [-0.39, 0.29) is 12.5 Å². The van der Waals surface area contributed by atoms with Gasteiger partial charge in [-0.05, 0) is 43.2 Å². The van der Waals surface area contributed by atoms with Crippen molar-refractivity contribution in [1.29, 1.82) is 0 Å². The van der Waals surface area contributed by atoms with Crippen molar-refractivity contribution in [2.45, 2.75) is 13.8 Å². The van der Waals surface area contributed by atoms with E-state index >= 15 is 0 Å². The molecule has 0 aliphatic rings. The first-order chi connectivity index (χ1) is 10.5. The summed E-state index contributed by atoms with van der Waals surface area (Å²) < 4.78 is 10.6. The Balaban J connectivity index is 1.98. The Morgan fingerprint density at radius 1 is 1.23 bits per heavy atom. The van der Waals surface area contributed by atoms with Gasteiger partial charge < -0.3 is 14.8 Å². The first-order valence-corrected chi connectivity index (χ1v) is 7.21. The van der Waals surface area contributed by atoms with Gasteiger partial charge in [0, 0.05) is 11.8 Å². The van der Waals surface area contributed by atoms with Gasteiger partial charge >= 0.3 is 0 Å². The fourth-order valence-corrected chi connectivity index (χ4v) is 2.50. The number of ether oxygens (including phenoxy) is 2. The van der Waals surface area contributed by atoms with Gasteiger partial charge in [0.2, 0.25) is 0 Å². The summed E-state index contributed by atoms with van der Waals surface area (Å²) in [5.41, 5.74) is 2.61. The lowest BCUT2D eigenvalue weighted by molar-refractivity contribution is -0.118. The molecule has 22 heavy (non-hydrogen) atoms. The van der Waals surface area contributed by atoms with Gasteiger partial charge in [-0.25, -0.2) is 0 Å². The molecule has 116 valence electrons. The number of methoxy groups -OCH3 is 1. The lowest BCUT2D eigenvalue weighted by atomic mass is 10.1. The van der Waals surface area contributed by atoms with Crippen LogP contribution in [0.3, 0.4) is 0 Å². The summed E-state index contributed by atoms with van der Waals surface area (Å²) in [4.78, 5) is 12.0. The SMILES string of the molecule is COc1cccc(NC(=O)COc2c(C)cc(C)cc2Cl)c1. The van der Waals surface area contributed by atoms with E-state index in [1.54, 1.807) is 25.3 Å². The van der Waals surface area contributed by atoms with Crippen molar-refractivity contribution in [1.82, 2.24) is 0 Å². The lowest BCUT2D eigenvalue weighted by Gasteiger charge is -2.12. The van der Waals surface area contributed by atoms with Crippen LogP contribution in [0.15, 0.2) is 36.4 Å². The van der Waals surface area contributed by atoms with E-state index in [1.165, 1.54) is 0 Å². The lowest BCUT2D eigenvalue weighted by Crippen LogP contribution is -2.20. The molecule has 2 aromatic rings. The van der Waals surface area contributed by atoms with Crippen LogP contribution in [0.4, 0.5) is 5.69 Å². The number of carbonyl (C=O) groups excluding carboxylic acids is 1. The Bertz CT molecular complexity index is 662. The second-order valence-electron chi connectivity index (χ2n) is 4.96. The van der Waals surface area contributed by atoms with Crippen LogP contribution in [0.25, 0.3) is 0 Å². The maximum Gasteiger partial charge on any atom is 0.262 e. The van der Waals surface area contributed by atoms with Crippen LogP contribution in [0.1, 0.15) is 11.1 Å². The molecule has 0 saturated carbocycles. The van der Waals surface area contributed by atoms with Crippen LogP contribution >= 0.6 is 11.6 Å². The molecule has 0 unspecified atom stereocenters. The van der Waals surface area contributed by atoms with Gasteiger partial charge in [-0.1, -0.05) is 23.7 Å². The zero-order valence-electron chi connectivity index (χ0n) is 12.8. The number of halogens is 1. The third-order valence-electron chi connectivity index (χ3n) is 3.07. The maximum atomic E-state index is 12.0. The van der Waals surface area contributed by atoms with Crippen LogP contribution in [0.5, 0.6) is 11.5 Å². The zero-order chi connectivity index (χ0) is 16.1. The molecule has 0 fully saturated rings. The van der Waals surface area contributed by atoms with Gasteiger partial charge in [0.15, 0.2) is 6.61 Å². The third-order valence-corrected chi connectivity index (χ3v) is 3.36. The molecule has 0 radical (unpaired) electrons. The van der Waals surface area contributed by atoms with Crippen molar-refractivity contribution < 1.29 is 14.3 Å². The van der Waals surface area contributed by atoms with Gasteiger partial charge in [0.1, 0.15) is 11.5 Å². The van der Waals surface area contributed by atoms with Crippen LogP contribution in [0.2, 0.25) is 5.02 Å². The van der Waals surface area contributed by atoms with Gasteiger partial charge in [0.25, 0.3) is 5.91 Å². The molecule has 0 aliphatic carbocycles. The fraction of sp³-hybridized carbons (Fsp3) is 0.235. The minimum absolute atomic E-state index is 0.110. The fourth-order valence-electron chi connectivity index (χ4n) is 2.12. The molecule has 4 nitrogen and oxygen atoms in total. The highest BCUT2D eigenvalue weighted by molar-refractivity contribution is 6.32. The number of aryl methyl sites for hydroxylation is 2. The largest absolute Gasteiger partial charge is 0.497 e. The molecule has 0 bridgehead atoms. The van der Waals surface area contributed by atoms with Crippen molar-refractivity contribution in [3.8, 4) is 11.5 Å². The molecule has 2 rings (SSSR count). The van der Waals surface area contributed by atoms with Crippen LogP contribution < -0.4 is 14.8 Å². The van der Waals surface area contributed by atoms with E-state index in [0.29, 0.717) is 22.2 Å². The maximum absolute atomic E-state index is 12.0. The zero-order valence-corrected chi connectivity index (χ0v) is 13.5. The molecule has 2 aromatic carbocycles. The standard InChI is InChI=1S/C17H18ClNO3/c1-11-7-12(2)17(15(18)8-11)22-10-16(20)19-13-5-4-6-14(9-13)21-3/h4-9H,10H2,1-3H3,(H,19,20). The van der Waals surface area contributed by atoms with Gasteiger partial charge in [-0.2, -0.15) is 0 Å². The molecule has 0 spiro atoms. The normalized spacial score (nSPS) is 10.2. The Hall–Kier alpha value is -2.20. The molecule has 0 saturated heterocycles. The minimum atomic E-state index is -0.260. The predicted molar refractivity (Wildman–Crippen MR) is 88.0 cm³/mol. The molecular weight excluding hydrogens is 302 g/mol. The number of anilines is 1. The summed E-state index contributed by atoms with van der Waals surface area (Å²) in [7, 11) is 1.58. The average Bonchev–Trinajstić information content (AvgIpc) is 2.46. The average molecular weight is 320 g/mol. The number of hydrogen-bond acceptors (Lipinski definition) is 3. The topological polar surface area (TPSA) is 47.6 Å². The van der Waals surface area contributed by atoms with Crippen molar-refractivity contribution in [3.63, 3.8) is 0 Å². The highest BCUT2D eigenvalue weighted by Crippen LogP contribution is 2.29. The number of nitrogens with one attached hydrogen (secondary N) is 1. The van der Waals surface area contributed by atoms with E-state index in [2.05, 4.69) is 5.32 Å². The van der Waals surface area contributed by atoms with E-state index in [9.17, 15) is 4.79 Å². The molecule has 0 aliphatic heterocycles. The van der Waals surface area contributed by atoms with Gasteiger partial charge in [0.05, 0.1) is 12.1 Å². The van der Waals surface area contributed by atoms with Crippen LogP contribution in [0, 0.1) is 13.8 Å². The van der Waals surface area contributed by atoms with Crippen LogP contribution in [-0.2, 0) is 4.79 Å². The summed E-state index contributed by atoms with van der Waals surface area (Å²) in [6, 6.07) is 10.9. The molecule has 0 heterocycles. The number of carbonyl (C=O) groups is 1. The predicted octanol–water partition coefficient (Wildman–Crippen LogP) is 3.98. The van der Waals surface area contributed by atoms with E-state index in [0.717, 1.165) is 11.1 Å². The summed E-state index contributed by atoms with van der Waals surface area (Å²) in [6.45, 7) is 3.74. The van der Waals surface area contributed by atoms with Crippen molar-refractivity contribution in [2.75, 3.05) is 19.0 Å².